The fraction of sp³-hybridized carbons (Fsp3) is 0.778. The molecule has 0 unspecified atom stereocenters. The van der Waals surface area contributed by atoms with Gasteiger partial charge in [0.2, 0.25) is 0 Å². The summed E-state index contributed by atoms with van der Waals surface area (Å²) in [6, 6.07) is 0. The molecule has 0 aromatic rings. The summed E-state index contributed by atoms with van der Waals surface area (Å²) in [4.78, 5) is 0. The van der Waals surface area contributed by atoms with Crippen LogP contribution in [0.4, 0.5) is 0 Å². The van der Waals surface area contributed by atoms with E-state index in [9.17, 15) is 0 Å². The van der Waals surface area contributed by atoms with Gasteiger partial charge in [0.25, 0.3) is 0 Å². The summed E-state index contributed by atoms with van der Waals surface area (Å²) in [5, 5.41) is 0. The van der Waals surface area contributed by atoms with Crippen molar-refractivity contribution < 1.29 is 0 Å². The van der Waals surface area contributed by atoms with Crippen LogP contribution in [0.5, 0.6) is 0 Å². The van der Waals surface area contributed by atoms with E-state index in [1.54, 1.807) is 0 Å². The van der Waals surface area contributed by atoms with Crippen molar-refractivity contribution in [3.63, 3.8) is 0 Å². The van der Waals surface area contributed by atoms with Gasteiger partial charge in [-0.2, -0.15) is 0 Å². The first-order chi connectivity index (χ1) is 4.83. The van der Waals surface area contributed by atoms with Crippen LogP contribution < -0.4 is 5.73 Å². The normalized spacial score (nSPS) is 21.8. The molecule has 1 aliphatic carbocycles. The highest BCUT2D eigenvalue weighted by Gasteiger charge is 2.37. The van der Waals surface area contributed by atoms with Gasteiger partial charge >= 0.3 is 0 Å². The lowest BCUT2D eigenvalue weighted by molar-refractivity contribution is 0.662. The first-order valence-electron chi connectivity index (χ1n) is 4.21. The van der Waals surface area contributed by atoms with Gasteiger partial charge in [0.1, 0.15) is 0 Å². The molecule has 10 heavy (non-hydrogen) atoms. The van der Waals surface area contributed by atoms with Crippen molar-refractivity contribution in [2.75, 3.05) is 6.54 Å². The van der Waals surface area contributed by atoms with Crippen molar-refractivity contribution in [1.29, 1.82) is 0 Å². The van der Waals surface area contributed by atoms with Crippen LogP contribution in [0.15, 0.2) is 12.2 Å². The van der Waals surface area contributed by atoms with E-state index in [0.717, 1.165) is 6.54 Å². The zero-order valence-electron chi connectivity index (χ0n) is 6.77. The Kier molecular flexibility index (Phi) is 2.50. The van der Waals surface area contributed by atoms with Crippen LogP contribution in [0.25, 0.3) is 0 Å². The topological polar surface area (TPSA) is 26.0 Å². The molecule has 0 radical (unpaired) electrons. The van der Waals surface area contributed by atoms with Gasteiger partial charge < -0.3 is 5.73 Å². The predicted molar refractivity (Wildman–Crippen MR) is 44.8 cm³/mol. The SMILES string of the molecule is CCC/C=C/C1(CN)CC1. The van der Waals surface area contributed by atoms with Crippen LogP contribution in [0.2, 0.25) is 0 Å². The van der Waals surface area contributed by atoms with Gasteiger partial charge in [-0.1, -0.05) is 25.5 Å². The molecule has 0 heterocycles. The van der Waals surface area contributed by atoms with Crippen molar-refractivity contribution in [1.82, 2.24) is 0 Å². The Labute approximate surface area is 63.3 Å². The van der Waals surface area contributed by atoms with Crippen LogP contribution in [-0.2, 0) is 0 Å². The summed E-state index contributed by atoms with van der Waals surface area (Å²) in [6.07, 6.45) is 9.67. The molecule has 1 saturated carbocycles. The number of rotatable bonds is 4. The number of hydrogen-bond acceptors (Lipinski definition) is 1. The lowest BCUT2D eigenvalue weighted by Crippen LogP contribution is -2.12. The molecule has 0 saturated heterocycles. The van der Waals surface area contributed by atoms with Crippen molar-refractivity contribution >= 4 is 0 Å². The van der Waals surface area contributed by atoms with Gasteiger partial charge in [-0.25, -0.2) is 0 Å². The molecule has 0 spiro atoms. The van der Waals surface area contributed by atoms with Crippen LogP contribution in [0, 0.1) is 5.41 Å². The van der Waals surface area contributed by atoms with Crippen LogP contribution in [-0.4, -0.2) is 6.54 Å². The van der Waals surface area contributed by atoms with Gasteiger partial charge in [0.05, 0.1) is 0 Å². The molecule has 0 aliphatic heterocycles. The maximum atomic E-state index is 5.60. The smallest absolute Gasteiger partial charge is 0.00142 e. The summed E-state index contributed by atoms with van der Waals surface area (Å²) in [5.41, 5.74) is 6.04. The predicted octanol–water partition coefficient (Wildman–Crippen LogP) is 2.08. The maximum Gasteiger partial charge on any atom is 0.00142 e. The first kappa shape index (κ1) is 7.80. The monoisotopic (exact) mass is 139 g/mol. The fourth-order valence-electron chi connectivity index (χ4n) is 1.10. The summed E-state index contributed by atoms with van der Waals surface area (Å²) >= 11 is 0. The third kappa shape index (κ3) is 1.84. The van der Waals surface area contributed by atoms with E-state index in [1.807, 2.05) is 0 Å². The summed E-state index contributed by atoms with van der Waals surface area (Å²) in [6.45, 7) is 3.04. The maximum absolute atomic E-state index is 5.60. The van der Waals surface area contributed by atoms with E-state index in [0.29, 0.717) is 5.41 Å². The molecule has 1 nitrogen and oxygen atoms in total. The number of hydrogen-bond donors (Lipinski definition) is 1. The van der Waals surface area contributed by atoms with Gasteiger partial charge in [0.15, 0.2) is 0 Å². The molecule has 0 amide bonds. The molecule has 1 heteroatoms. The highest BCUT2D eigenvalue weighted by Crippen LogP contribution is 2.45. The molecule has 2 N–H and O–H groups in total. The van der Waals surface area contributed by atoms with Crippen LogP contribution >= 0.6 is 0 Å². The molecule has 0 atom stereocenters. The Morgan fingerprint density at radius 1 is 1.50 bits per heavy atom. The van der Waals surface area contributed by atoms with Crippen molar-refractivity contribution in [3.05, 3.63) is 12.2 Å². The highest BCUT2D eigenvalue weighted by molar-refractivity contribution is 5.09. The number of nitrogens with two attached hydrogens (primary N) is 1. The van der Waals surface area contributed by atoms with E-state index < -0.39 is 0 Å². The zero-order valence-corrected chi connectivity index (χ0v) is 6.77. The third-order valence-electron chi connectivity index (χ3n) is 2.23. The Morgan fingerprint density at radius 3 is 2.60 bits per heavy atom. The fourth-order valence-corrected chi connectivity index (χ4v) is 1.10. The standard InChI is InChI=1S/C9H17N/c1-2-3-4-5-9(8-10)6-7-9/h4-5H,2-3,6-8,10H2,1H3/b5-4+. The van der Waals surface area contributed by atoms with E-state index in [1.165, 1.54) is 25.7 Å². The van der Waals surface area contributed by atoms with Gasteiger partial charge in [0, 0.05) is 12.0 Å². The summed E-state index contributed by atoms with van der Waals surface area (Å²) in [5.74, 6) is 0. The molecule has 0 aromatic carbocycles. The molecular formula is C9H17N. The molecule has 58 valence electrons. The van der Waals surface area contributed by atoms with E-state index in [4.69, 9.17) is 5.73 Å². The van der Waals surface area contributed by atoms with Gasteiger partial charge in [-0.3, -0.25) is 0 Å². The first-order valence-corrected chi connectivity index (χ1v) is 4.21. The average Bonchev–Trinajstić information content (AvgIpc) is 2.70. The third-order valence-corrected chi connectivity index (χ3v) is 2.23. The van der Waals surface area contributed by atoms with Crippen molar-refractivity contribution in [2.24, 2.45) is 11.1 Å². The van der Waals surface area contributed by atoms with E-state index in [-0.39, 0.29) is 0 Å². The number of unbranched alkanes of at least 4 members (excludes halogenated alkanes) is 1. The quantitative estimate of drug-likeness (QED) is 0.593. The van der Waals surface area contributed by atoms with Crippen LogP contribution in [0.1, 0.15) is 32.6 Å². The van der Waals surface area contributed by atoms with E-state index in [2.05, 4.69) is 19.1 Å². The van der Waals surface area contributed by atoms with Crippen molar-refractivity contribution in [3.8, 4) is 0 Å². The molecule has 0 aromatic heterocycles. The van der Waals surface area contributed by atoms with Gasteiger partial charge in [-0.15, -0.1) is 0 Å². The molecule has 1 aliphatic rings. The lowest BCUT2D eigenvalue weighted by atomic mass is 10.1. The minimum atomic E-state index is 0.440. The van der Waals surface area contributed by atoms with E-state index >= 15 is 0 Å². The zero-order chi connectivity index (χ0) is 7.45. The minimum Gasteiger partial charge on any atom is -0.330 e. The van der Waals surface area contributed by atoms with Crippen molar-refractivity contribution in [2.45, 2.75) is 32.6 Å². The Morgan fingerprint density at radius 2 is 2.20 bits per heavy atom. The average molecular weight is 139 g/mol. The van der Waals surface area contributed by atoms with Crippen LogP contribution in [0.3, 0.4) is 0 Å². The Bertz CT molecular complexity index is 123. The molecule has 1 fully saturated rings. The minimum absolute atomic E-state index is 0.440. The lowest BCUT2D eigenvalue weighted by Gasteiger charge is -2.02. The Hall–Kier alpha value is -0.300. The largest absolute Gasteiger partial charge is 0.330 e. The summed E-state index contributed by atoms with van der Waals surface area (Å²) < 4.78 is 0. The molecule has 0 bridgehead atoms. The highest BCUT2D eigenvalue weighted by atomic mass is 14.6. The second kappa shape index (κ2) is 3.20. The Balaban J connectivity index is 2.23. The summed E-state index contributed by atoms with van der Waals surface area (Å²) in [7, 11) is 0. The molecule has 1 rings (SSSR count). The van der Waals surface area contributed by atoms with Gasteiger partial charge in [-0.05, 0) is 19.3 Å². The molecular weight excluding hydrogens is 122 g/mol. The second-order valence-corrected chi connectivity index (χ2v) is 3.26. The number of allylic oxidation sites excluding steroid dienone is 1. The second-order valence-electron chi connectivity index (χ2n) is 3.26.